The van der Waals surface area contributed by atoms with Gasteiger partial charge in [-0.2, -0.15) is 0 Å². The average molecular weight is 276 g/mol. The molecule has 0 radical (unpaired) electrons. The zero-order valence-electron chi connectivity index (χ0n) is 11.0. The zero-order chi connectivity index (χ0) is 14.7. The molecule has 1 aromatic heterocycles. The number of pyridine rings is 1. The highest BCUT2D eigenvalue weighted by Gasteiger charge is 2.09. The minimum Gasteiger partial charge on any atom is -0.494 e. The Morgan fingerprint density at radius 1 is 1.35 bits per heavy atom. The second-order valence-corrected chi connectivity index (χ2v) is 4.16. The Bertz CT molecular complexity index is 659. The first-order valence-electron chi connectivity index (χ1n) is 5.82. The molecule has 1 aromatic carbocycles. The lowest BCUT2D eigenvalue weighted by Crippen LogP contribution is -2.03. The van der Waals surface area contributed by atoms with E-state index >= 15 is 0 Å². The minimum atomic E-state index is -1.04. The second-order valence-electron chi connectivity index (χ2n) is 4.16. The van der Waals surface area contributed by atoms with Crippen molar-refractivity contribution in [2.75, 3.05) is 12.4 Å². The van der Waals surface area contributed by atoms with E-state index in [1.54, 1.807) is 6.92 Å². The molecule has 6 heteroatoms. The highest BCUT2D eigenvalue weighted by atomic mass is 19.1. The van der Waals surface area contributed by atoms with E-state index in [1.807, 2.05) is 0 Å². The van der Waals surface area contributed by atoms with Gasteiger partial charge in [0.25, 0.3) is 0 Å². The van der Waals surface area contributed by atoms with Gasteiger partial charge < -0.3 is 15.2 Å². The first-order chi connectivity index (χ1) is 9.49. The monoisotopic (exact) mass is 276 g/mol. The van der Waals surface area contributed by atoms with Gasteiger partial charge in [0.15, 0.2) is 0 Å². The van der Waals surface area contributed by atoms with E-state index in [0.717, 1.165) is 0 Å². The van der Waals surface area contributed by atoms with E-state index in [9.17, 15) is 9.18 Å². The van der Waals surface area contributed by atoms with Crippen LogP contribution in [-0.4, -0.2) is 23.2 Å². The summed E-state index contributed by atoms with van der Waals surface area (Å²) >= 11 is 0. The lowest BCUT2D eigenvalue weighted by Gasteiger charge is -2.11. The molecule has 0 atom stereocenters. The Hall–Kier alpha value is -2.63. The summed E-state index contributed by atoms with van der Waals surface area (Å²) in [4.78, 5) is 15.2. The topological polar surface area (TPSA) is 71.5 Å². The molecule has 0 unspecified atom stereocenters. The highest BCUT2D eigenvalue weighted by Crippen LogP contribution is 2.28. The maximum absolute atomic E-state index is 13.1. The molecule has 2 rings (SSSR count). The van der Waals surface area contributed by atoms with Crippen molar-refractivity contribution in [1.29, 1.82) is 0 Å². The number of carboxylic acids is 1. The third kappa shape index (κ3) is 3.03. The van der Waals surface area contributed by atoms with Gasteiger partial charge in [-0.15, -0.1) is 0 Å². The van der Waals surface area contributed by atoms with Crippen molar-refractivity contribution in [2.45, 2.75) is 6.92 Å². The fourth-order valence-corrected chi connectivity index (χ4v) is 1.76. The third-order valence-electron chi connectivity index (χ3n) is 2.63. The first kappa shape index (κ1) is 13.8. The van der Waals surface area contributed by atoms with Crippen molar-refractivity contribution in [1.82, 2.24) is 4.98 Å². The van der Waals surface area contributed by atoms with Crippen LogP contribution in [-0.2, 0) is 0 Å². The van der Waals surface area contributed by atoms with E-state index in [2.05, 4.69) is 10.3 Å². The van der Waals surface area contributed by atoms with Crippen LogP contribution >= 0.6 is 0 Å². The Morgan fingerprint density at radius 3 is 2.75 bits per heavy atom. The minimum absolute atomic E-state index is 0.126. The lowest BCUT2D eigenvalue weighted by molar-refractivity contribution is 0.0696. The number of nitrogens with zero attached hydrogens (tertiary/aromatic N) is 1. The molecule has 0 fully saturated rings. The summed E-state index contributed by atoms with van der Waals surface area (Å²) in [6.45, 7) is 1.69. The molecule has 0 spiro atoms. The summed E-state index contributed by atoms with van der Waals surface area (Å²) in [7, 11) is 1.42. The summed E-state index contributed by atoms with van der Waals surface area (Å²) in [6, 6.07) is 6.88. The number of hydrogen-bond donors (Lipinski definition) is 2. The number of rotatable bonds is 4. The summed E-state index contributed by atoms with van der Waals surface area (Å²) in [5.74, 6) is -0.794. The van der Waals surface area contributed by atoms with Crippen molar-refractivity contribution in [3.63, 3.8) is 0 Å². The van der Waals surface area contributed by atoms with Crippen LogP contribution in [0.4, 0.5) is 15.9 Å². The van der Waals surface area contributed by atoms with Crippen molar-refractivity contribution < 1.29 is 19.0 Å². The van der Waals surface area contributed by atoms with Gasteiger partial charge >= 0.3 is 5.97 Å². The van der Waals surface area contributed by atoms with Crippen molar-refractivity contribution in [3.05, 3.63) is 47.4 Å². The lowest BCUT2D eigenvalue weighted by atomic mass is 10.2. The third-order valence-corrected chi connectivity index (χ3v) is 2.63. The van der Waals surface area contributed by atoms with Gasteiger partial charge in [-0.1, -0.05) is 0 Å². The Kier molecular flexibility index (Phi) is 3.84. The van der Waals surface area contributed by atoms with Crippen LogP contribution in [0.5, 0.6) is 5.75 Å². The standard InChI is InChI=1S/C14H13FN2O3/c1-8-5-9(14(18)19)6-13(16-8)17-11-4-3-10(15)7-12(11)20-2/h3-7H,1-2H3,(H,16,17)(H,18,19). The number of hydrogen-bond acceptors (Lipinski definition) is 4. The summed E-state index contributed by atoms with van der Waals surface area (Å²) in [5.41, 5.74) is 1.19. The maximum Gasteiger partial charge on any atom is 0.335 e. The quantitative estimate of drug-likeness (QED) is 0.898. The zero-order valence-corrected chi connectivity index (χ0v) is 11.0. The molecule has 5 nitrogen and oxygen atoms in total. The SMILES string of the molecule is COc1cc(F)ccc1Nc1cc(C(=O)O)cc(C)n1. The number of anilines is 2. The summed E-state index contributed by atoms with van der Waals surface area (Å²) < 4.78 is 18.2. The number of benzene rings is 1. The van der Waals surface area contributed by atoms with Gasteiger partial charge in [-0.25, -0.2) is 14.2 Å². The van der Waals surface area contributed by atoms with Crippen LogP contribution in [0.15, 0.2) is 30.3 Å². The number of halogens is 1. The van der Waals surface area contributed by atoms with E-state index in [4.69, 9.17) is 9.84 Å². The second kappa shape index (κ2) is 5.56. The van der Waals surface area contributed by atoms with E-state index in [0.29, 0.717) is 22.9 Å². The number of nitrogens with one attached hydrogen (secondary N) is 1. The molecule has 0 saturated heterocycles. The number of carbonyl (C=O) groups is 1. The molecule has 2 N–H and O–H groups in total. The molecular formula is C14H13FN2O3. The Balaban J connectivity index is 2.37. The highest BCUT2D eigenvalue weighted by molar-refractivity contribution is 5.89. The van der Waals surface area contributed by atoms with E-state index in [1.165, 1.54) is 37.4 Å². The number of methoxy groups -OCH3 is 1. The smallest absolute Gasteiger partial charge is 0.335 e. The van der Waals surface area contributed by atoms with Gasteiger partial charge in [0.2, 0.25) is 0 Å². The molecule has 2 aromatic rings. The molecule has 20 heavy (non-hydrogen) atoms. The number of aryl methyl sites for hydroxylation is 1. The van der Waals surface area contributed by atoms with Crippen LogP contribution in [0.2, 0.25) is 0 Å². The van der Waals surface area contributed by atoms with Gasteiger partial charge in [-0.3, -0.25) is 0 Å². The van der Waals surface area contributed by atoms with Gasteiger partial charge in [0, 0.05) is 11.8 Å². The average Bonchev–Trinajstić information content (AvgIpc) is 2.40. The van der Waals surface area contributed by atoms with Crippen molar-refractivity contribution in [3.8, 4) is 5.75 Å². The largest absolute Gasteiger partial charge is 0.494 e. The van der Waals surface area contributed by atoms with Crippen LogP contribution in [0.3, 0.4) is 0 Å². The van der Waals surface area contributed by atoms with Gasteiger partial charge in [-0.05, 0) is 31.2 Å². The fraction of sp³-hybridized carbons (Fsp3) is 0.143. The molecule has 0 aliphatic rings. The molecule has 0 aliphatic heterocycles. The van der Waals surface area contributed by atoms with Crippen LogP contribution in [0, 0.1) is 12.7 Å². The predicted octanol–water partition coefficient (Wildman–Crippen LogP) is 2.98. The van der Waals surface area contributed by atoms with Crippen molar-refractivity contribution in [2.24, 2.45) is 0 Å². The summed E-state index contributed by atoms with van der Waals surface area (Å²) in [5, 5.41) is 11.9. The van der Waals surface area contributed by atoms with Crippen LogP contribution < -0.4 is 10.1 Å². The first-order valence-corrected chi connectivity index (χ1v) is 5.82. The number of aromatic carboxylic acids is 1. The Labute approximate surface area is 115 Å². The van der Waals surface area contributed by atoms with Crippen molar-refractivity contribution >= 4 is 17.5 Å². The Morgan fingerprint density at radius 2 is 2.10 bits per heavy atom. The molecule has 104 valence electrons. The molecule has 0 saturated carbocycles. The van der Waals surface area contributed by atoms with E-state index in [-0.39, 0.29) is 5.56 Å². The molecule has 0 aliphatic carbocycles. The number of ether oxygens (including phenoxy) is 1. The van der Waals surface area contributed by atoms with Crippen LogP contribution in [0.1, 0.15) is 16.1 Å². The number of aromatic nitrogens is 1. The maximum atomic E-state index is 13.1. The molecule has 1 heterocycles. The number of carboxylic acid groups (broad SMARTS) is 1. The molecular weight excluding hydrogens is 263 g/mol. The normalized spacial score (nSPS) is 10.2. The molecule has 0 amide bonds. The van der Waals surface area contributed by atoms with E-state index < -0.39 is 11.8 Å². The van der Waals surface area contributed by atoms with Crippen LogP contribution in [0.25, 0.3) is 0 Å². The van der Waals surface area contributed by atoms with Gasteiger partial charge in [0.1, 0.15) is 17.4 Å². The fourth-order valence-electron chi connectivity index (χ4n) is 1.76. The van der Waals surface area contributed by atoms with Gasteiger partial charge in [0.05, 0.1) is 18.4 Å². The molecule has 0 bridgehead atoms. The predicted molar refractivity (Wildman–Crippen MR) is 72.2 cm³/mol. The summed E-state index contributed by atoms with van der Waals surface area (Å²) in [6.07, 6.45) is 0.